The molecular formula is C13H16N6O3. The standard InChI is InChI=1S/C13H16N6O3/c1-8-4-5-15-11(10(8)19(20)21)18-6-2-3-9(7-18)12-16-17-13(14)22-12/h4-5,9H,2-3,6-7H2,1H3,(H2,14,17). The molecule has 22 heavy (non-hydrogen) atoms. The Morgan fingerprint density at radius 2 is 2.32 bits per heavy atom. The Hall–Kier alpha value is -2.71. The number of aryl methyl sites for hydroxylation is 1. The summed E-state index contributed by atoms with van der Waals surface area (Å²) < 4.78 is 5.28. The summed E-state index contributed by atoms with van der Waals surface area (Å²) in [6.07, 6.45) is 3.32. The summed E-state index contributed by atoms with van der Waals surface area (Å²) in [5.74, 6) is 0.861. The van der Waals surface area contributed by atoms with Crippen LogP contribution < -0.4 is 10.6 Å². The second kappa shape index (κ2) is 5.58. The fraction of sp³-hybridized carbons (Fsp3) is 0.462. The zero-order chi connectivity index (χ0) is 15.7. The highest BCUT2D eigenvalue weighted by molar-refractivity contribution is 5.61. The molecule has 2 aromatic heterocycles. The van der Waals surface area contributed by atoms with Gasteiger partial charge in [-0.2, -0.15) is 0 Å². The molecule has 1 aliphatic heterocycles. The van der Waals surface area contributed by atoms with Crippen LogP contribution in [0.4, 0.5) is 17.5 Å². The molecule has 1 aliphatic rings. The number of anilines is 2. The third kappa shape index (κ3) is 2.57. The fourth-order valence-electron chi connectivity index (χ4n) is 2.78. The molecule has 0 spiro atoms. The van der Waals surface area contributed by atoms with Crippen molar-refractivity contribution < 1.29 is 9.34 Å². The predicted molar refractivity (Wildman–Crippen MR) is 78.5 cm³/mol. The summed E-state index contributed by atoms with van der Waals surface area (Å²) in [5, 5.41) is 18.9. The van der Waals surface area contributed by atoms with E-state index in [2.05, 4.69) is 15.2 Å². The molecule has 1 saturated heterocycles. The molecule has 2 aromatic rings. The summed E-state index contributed by atoms with van der Waals surface area (Å²) in [5.41, 5.74) is 6.10. The maximum absolute atomic E-state index is 11.3. The van der Waals surface area contributed by atoms with Crippen LogP contribution >= 0.6 is 0 Å². The van der Waals surface area contributed by atoms with Crippen molar-refractivity contribution in [3.8, 4) is 0 Å². The van der Waals surface area contributed by atoms with Crippen molar-refractivity contribution in [2.24, 2.45) is 0 Å². The van der Waals surface area contributed by atoms with E-state index in [1.165, 1.54) is 0 Å². The van der Waals surface area contributed by atoms with Crippen LogP contribution in [0.2, 0.25) is 0 Å². The molecule has 2 N–H and O–H groups in total. The molecule has 1 fully saturated rings. The van der Waals surface area contributed by atoms with Crippen molar-refractivity contribution in [2.45, 2.75) is 25.7 Å². The number of nitrogens with two attached hydrogens (primary N) is 1. The summed E-state index contributed by atoms with van der Waals surface area (Å²) in [6, 6.07) is 1.67. The Labute approximate surface area is 126 Å². The molecule has 9 heteroatoms. The minimum absolute atomic E-state index is 0.000432. The summed E-state index contributed by atoms with van der Waals surface area (Å²) in [4.78, 5) is 17.1. The summed E-state index contributed by atoms with van der Waals surface area (Å²) in [6.45, 7) is 2.96. The minimum Gasteiger partial charge on any atom is -0.408 e. The molecule has 1 unspecified atom stereocenters. The molecule has 9 nitrogen and oxygen atoms in total. The van der Waals surface area contributed by atoms with Gasteiger partial charge in [0, 0.05) is 24.8 Å². The van der Waals surface area contributed by atoms with Gasteiger partial charge in [-0.05, 0) is 25.8 Å². The monoisotopic (exact) mass is 304 g/mol. The van der Waals surface area contributed by atoms with Crippen LogP contribution in [0.25, 0.3) is 0 Å². The van der Waals surface area contributed by atoms with Crippen LogP contribution in [0.3, 0.4) is 0 Å². The van der Waals surface area contributed by atoms with Crippen LogP contribution in [0.15, 0.2) is 16.7 Å². The molecule has 1 atom stereocenters. The topological polar surface area (TPSA) is 124 Å². The summed E-state index contributed by atoms with van der Waals surface area (Å²) in [7, 11) is 0. The Morgan fingerprint density at radius 1 is 1.50 bits per heavy atom. The number of pyridine rings is 1. The average molecular weight is 304 g/mol. The first kappa shape index (κ1) is 14.2. The van der Waals surface area contributed by atoms with Gasteiger partial charge in [0.1, 0.15) is 0 Å². The van der Waals surface area contributed by atoms with Crippen LogP contribution in [0.5, 0.6) is 0 Å². The predicted octanol–water partition coefficient (Wildman–Crippen LogP) is 1.65. The number of nitro groups is 1. The molecule has 0 aromatic carbocycles. The van der Waals surface area contributed by atoms with E-state index in [-0.39, 0.29) is 22.5 Å². The van der Waals surface area contributed by atoms with Crippen LogP contribution in [-0.2, 0) is 0 Å². The number of nitrogens with zero attached hydrogens (tertiary/aromatic N) is 5. The van der Waals surface area contributed by atoms with Gasteiger partial charge in [-0.25, -0.2) is 4.98 Å². The van der Waals surface area contributed by atoms with Crippen LogP contribution in [0.1, 0.15) is 30.2 Å². The molecule has 0 radical (unpaired) electrons. The molecule has 0 saturated carbocycles. The highest BCUT2D eigenvalue weighted by Crippen LogP contribution is 2.34. The van der Waals surface area contributed by atoms with E-state index >= 15 is 0 Å². The maximum atomic E-state index is 11.3. The van der Waals surface area contributed by atoms with Crippen molar-refractivity contribution >= 4 is 17.5 Å². The van der Waals surface area contributed by atoms with Gasteiger partial charge in [0.2, 0.25) is 11.7 Å². The van der Waals surface area contributed by atoms with Gasteiger partial charge in [0.15, 0.2) is 0 Å². The number of piperidine rings is 1. The number of nitrogen functional groups attached to an aromatic ring is 1. The zero-order valence-electron chi connectivity index (χ0n) is 12.1. The van der Waals surface area contributed by atoms with Gasteiger partial charge in [0.05, 0.1) is 10.8 Å². The largest absolute Gasteiger partial charge is 0.408 e. The van der Waals surface area contributed by atoms with Crippen molar-refractivity contribution in [1.82, 2.24) is 15.2 Å². The first-order valence-electron chi connectivity index (χ1n) is 7.00. The third-order valence-corrected chi connectivity index (χ3v) is 3.82. The molecule has 116 valence electrons. The zero-order valence-corrected chi connectivity index (χ0v) is 12.1. The Kier molecular flexibility index (Phi) is 3.61. The Balaban J connectivity index is 1.89. The SMILES string of the molecule is Cc1ccnc(N2CCCC(c3nnc(N)o3)C2)c1[N+](=O)[O-]. The first-order valence-corrected chi connectivity index (χ1v) is 7.00. The smallest absolute Gasteiger partial charge is 0.314 e. The van der Waals surface area contributed by atoms with Crippen LogP contribution in [-0.4, -0.2) is 33.2 Å². The average Bonchev–Trinajstić information content (AvgIpc) is 2.93. The Bertz CT molecular complexity index is 701. The van der Waals surface area contributed by atoms with E-state index in [0.29, 0.717) is 30.4 Å². The first-order chi connectivity index (χ1) is 10.6. The lowest BCUT2D eigenvalue weighted by molar-refractivity contribution is -0.384. The van der Waals surface area contributed by atoms with E-state index in [1.54, 1.807) is 19.2 Å². The lowest BCUT2D eigenvalue weighted by Crippen LogP contribution is -2.35. The fourth-order valence-corrected chi connectivity index (χ4v) is 2.78. The second-order valence-electron chi connectivity index (χ2n) is 5.32. The van der Waals surface area contributed by atoms with Gasteiger partial charge < -0.3 is 15.1 Å². The highest BCUT2D eigenvalue weighted by atomic mass is 16.6. The second-order valence-corrected chi connectivity index (χ2v) is 5.32. The number of aromatic nitrogens is 3. The van der Waals surface area contributed by atoms with Crippen molar-refractivity contribution in [3.05, 3.63) is 33.8 Å². The maximum Gasteiger partial charge on any atom is 0.314 e. The molecule has 3 heterocycles. The number of rotatable bonds is 3. The van der Waals surface area contributed by atoms with Gasteiger partial charge in [0.25, 0.3) is 0 Å². The number of hydrogen-bond donors (Lipinski definition) is 1. The Morgan fingerprint density at radius 3 is 3.00 bits per heavy atom. The molecule has 0 aliphatic carbocycles. The van der Waals surface area contributed by atoms with Gasteiger partial charge >= 0.3 is 11.7 Å². The molecule has 0 bridgehead atoms. The van der Waals surface area contributed by atoms with Gasteiger partial charge in [-0.3, -0.25) is 10.1 Å². The van der Waals surface area contributed by atoms with Crippen molar-refractivity contribution in [1.29, 1.82) is 0 Å². The molecule has 3 rings (SSSR count). The van der Waals surface area contributed by atoms with E-state index in [0.717, 1.165) is 12.8 Å². The minimum atomic E-state index is -0.383. The van der Waals surface area contributed by atoms with Crippen molar-refractivity contribution in [2.75, 3.05) is 23.7 Å². The third-order valence-electron chi connectivity index (χ3n) is 3.82. The quantitative estimate of drug-likeness (QED) is 0.670. The highest BCUT2D eigenvalue weighted by Gasteiger charge is 2.30. The van der Waals surface area contributed by atoms with E-state index in [4.69, 9.17) is 10.2 Å². The lowest BCUT2D eigenvalue weighted by atomic mass is 9.98. The van der Waals surface area contributed by atoms with E-state index in [9.17, 15) is 10.1 Å². The lowest BCUT2D eigenvalue weighted by Gasteiger charge is -2.31. The van der Waals surface area contributed by atoms with Gasteiger partial charge in [-0.1, -0.05) is 5.10 Å². The number of hydrogen-bond acceptors (Lipinski definition) is 8. The molecular weight excluding hydrogens is 288 g/mol. The summed E-state index contributed by atoms with van der Waals surface area (Å²) >= 11 is 0. The van der Waals surface area contributed by atoms with Gasteiger partial charge in [-0.15, -0.1) is 5.10 Å². The molecule has 0 amide bonds. The van der Waals surface area contributed by atoms with E-state index in [1.807, 2.05) is 4.90 Å². The van der Waals surface area contributed by atoms with Crippen LogP contribution in [0, 0.1) is 17.0 Å². The van der Waals surface area contributed by atoms with E-state index < -0.39 is 0 Å². The van der Waals surface area contributed by atoms with Crippen molar-refractivity contribution in [3.63, 3.8) is 0 Å². The normalized spacial score (nSPS) is 18.4.